The van der Waals surface area contributed by atoms with Gasteiger partial charge in [-0.25, -0.2) is 0 Å². The van der Waals surface area contributed by atoms with Crippen LogP contribution in [0.4, 0.5) is 0 Å². The van der Waals surface area contributed by atoms with Crippen LogP contribution in [0.1, 0.15) is 88.8 Å². The summed E-state index contributed by atoms with van der Waals surface area (Å²) in [5.74, 6) is 0. The Hall–Kier alpha value is -1.73. The van der Waals surface area contributed by atoms with Crippen molar-refractivity contribution in [3.63, 3.8) is 0 Å². The zero-order valence-corrected chi connectivity index (χ0v) is 27.6. The number of rotatable bonds is 6. The molecule has 0 aliphatic heterocycles. The van der Waals surface area contributed by atoms with Crippen molar-refractivity contribution in [1.29, 1.82) is 0 Å². The van der Waals surface area contributed by atoms with Crippen LogP contribution < -0.4 is 9.96 Å². The highest BCUT2D eigenvalue weighted by atomic mass is 28.4. The highest BCUT2D eigenvalue weighted by molar-refractivity contribution is 7.09. The van der Waals surface area contributed by atoms with Gasteiger partial charge in [-0.05, 0) is 132 Å². The third-order valence-corrected chi connectivity index (χ3v) is 20.1. The largest absolute Gasteiger partial charge is 0.329 e. The molecule has 0 spiro atoms. The first-order chi connectivity index (χ1) is 16.9. The van der Waals surface area contributed by atoms with Crippen molar-refractivity contribution in [3.8, 4) is 0 Å². The number of hydrogen-bond donors (Lipinski definition) is 2. The highest BCUT2D eigenvalue weighted by Gasteiger charge is 2.50. The first-order valence-corrected chi connectivity index (χ1v) is 19.5. The van der Waals surface area contributed by atoms with E-state index in [1.165, 1.54) is 27.9 Å². The summed E-state index contributed by atoms with van der Waals surface area (Å²) >= 11 is 0. The Morgan fingerprint density at radius 1 is 0.622 bits per heavy atom. The molecule has 2 N–H and O–H groups in total. The normalized spacial score (nSPS) is 19.1. The summed E-state index contributed by atoms with van der Waals surface area (Å²) < 4.78 is 0. The molecule has 2 nitrogen and oxygen atoms in total. The maximum Gasteiger partial charge on any atom is 0.154 e. The molecule has 4 rings (SSSR count). The van der Waals surface area contributed by atoms with Gasteiger partial charge in [0.15, 0.2) is 16.5 Å². The van der Waals surface area contributed by atoms with Gasteiger partial charge in [-0.1, -0.05) is 60.6 Å². The molecule has 0 fully saturated rings. The molecule has 0 bridgehead atoms. The van der Waals surface area contributed by atoms with Gasteiger partial charge in [-0.15, -0.1) is 0 Å². The summed E-state index contributed by atoms with van der Waals surface area (Å²) in [7, 11) is -4.32. The predicted molar refractivity (Wildman–Crippen MR) is 169 cm³/mol. The second-order valence-electron chi connectivity index (χ2n) is 14.5. The van der Waals surface area contributed by atoms with Gasteiger partial charge in [-0.2, -0.15) is 0 Å². The molecule has 0 heterocycles. The van der Waals surface area contributed by atoms with E-state index in [9.17, 15) is 0 Å². The molecular weight excluding hydrogens is 481 g/mol. The molecule has 37 heavy (non-hydrogen) atoms. The van der Waals surface area contributed by atoms with Crippen LogP contribution in [-0.2, 0) is 12.8 Å². The van der Waals surface area contributed by atoms with Crippen molar-refractivity contribution in [2.24, 2.45) is 0 Å². The lowest BCUT2D eigenvalue weighted by atomic mass is 10.0. The Morgan fingerprint density at radius 3 is 1.30 bits per heavy atom. The summed E-state index contributed by atoms with van der Waals surface area (Å²) in [5, 5.41) is 3.33. The fourth-order valence-electron chi connectivity index (χ4n) is 7.80. The van der Waals surface area contributed by atoms with Gasteiger partial charge < -0.3 is 9.96 Å². The molecule has 2 aromatic rings. The number of hydrogen-bond acceptors (Lipinski definition) is 2. The Kier molecular flexibility index (Phi) is 7.25. The molecule has 0 saturated carbocycles. The van der Waals surface area contributed by atoms with Crippen molar-refractivity contribution >= 4 is 26.9 Å². The molecule has 0 radical (unpaired) electrons. The van der Waals surface area contributed by atoms with Crippen LogP contribution in [0.5, 0.6) is 0 Å². The van der Waals surface area contributed by atoms with Crippen LogP contribution >= 0.6 is 0 Å². The number of fused-ring (bicyclic) bond motifs is 2. The second-order valence-corrected chi connectivity index (χ2v) is 22.7. The molecule has 0 saturated heterocycles. The van der Waals surface area contributed by atoms with Crippen LogP contribution in [0.25, 0.3) is 10.4 Å². The van der Waals surface area contributed by atoms with E-state index in [-0.39, 0.29) is 11.1 Å². The molecule has 2 atom stereocenters. The molecule has 2 aromatic carbocycles. The lowest BCUT2D eigenvalue weighted by Crippen LogP contribution is -2.67. The molecule has 0 amide bonds. The summed E-state index contributed by atoms with van der Waals surface area (Å²) in [6.45, 7) is 28.8. The molecule has 2 aliphatic carbocycles. The van der Waals surface area contributed by atoms with Gasteiger partial charge in [0.25, 0.3) is 0 Å². The van der Waals surface area contributed by atoms with Gasteiger partial charge in [0.1, 0.15) is 0 Å². The predicted octanol–water partition coefficient (Wildman–Crippen LogP) is 8.21. The summed E-state index contributed by atoms with van der Waals surface area (Å²) in [4.78, 5) is 8.67. The quantitative estimate of drug-likeness (QED) is 0.368. The maximum atomic E-state index is 4.33. The minimum Gasteiger partial charge on any atom is -0.329 e. The zero-order chi connectivity index (χ0) is 27.6. The maximum absolute atomic E-state index is 4.33. The molecule has 4 heteroatoms. The van der Waals surface area contributed by atoms with E-state index in [4.69, 9.17) is 0 Å². The average molecular weight is 531 g/mol. The highest BCUT2D eigenvalue weighted by Crippen LogP contribution is 2.47. The zero-order valence-electron chi connectivity index (χ0n) is 25.6. The van der Waals surface area contributed by atoms with Gasteiger partial charge >= 0.3 is 0 Å². The fraction of sp³-hybridized carbons (Fsp3) is 0.515. The van der Waals surface area contributed by atoms with E-state index in [0.29, 0.717) is 0 Å². The summed E-state index contributed by atoms with van der Waals surface area (Å²) in [6.07, 6.45) is 2.20. The van der Waals surface area contributed by atoms with Crippen molar-refractivity contribution in [3.05, 3.63) is 80.9 Å². The third kappa shape index (κ3) is 5.54. The summed E-state index contributed by atoms with van der Waals surface area (Å²) in [5.41, 5.74) is 13.5. The first kappa shape index (κ1) is 28.3. The number of nitrogens with one attached hydrogen (secondary N) is 2. The molecule has 2 aliphatic rings. The van der Waals surface area contributed by atoms with E-state index in [2.05, 4.69) is 129 Å². The van der Waals surface area contributed by atoms with Gasteiger partial charge in [0.05, 0.1) is 0 Å². The Morgan fingerprint density at radius 2 is 0.973 bits per heavy atom. The van der Waals surface area contributed by atoms with E-state index in [1.54, 1.807) is 32.7 Å². The van der Waals surface area contributed by atoms with Crippen molar-refractivity contribution in [1.82, 2.24) is 9.96 Å². The number of allylic oxidation sites excluding steroid dienone is 2. The minimum absolute atomic E-state index is 0.0471. The van der Waals surface area contributed by atoms with Crippen LogP contribution in [0, 0.1) is 13.8 Å². The van der Waals surface area contributed by atoms with Crippen LogP contribution in [0.2, 0.25) is 18.8 Å². The Labute approximate surface area is 229 Å². The fourth-order valence-corrected chi connectivity index (χ4v) is 22.9. The van der Waals surface area contributed by atoms with Crippen LogP contribution in [0.3, 0.4) is 0 Å². The van der Waals surface area contributed by atoms with Gasteiger partial charge in [0.2, 0.25) is 0 Å². The lowest BCUT2D eigenvalue weighted by molar-refractivity contribution is 0.509. The first-order valence-electron chi connectivity index (χ1n) is 14.1. The van der Waals surface area contributed by atoms with E-state index in [1.807, 2.05) is 0 Å². The average Bonchev–Trinajstić information content (AvgIpc) is 3.23. The van der Waals surface area contributed by atoms with Crippen molar-refractivity contribution in [2.45, 2.75) is 112 Å². The van der Waals surface area contributed by atoms with Crippen molar-refractivity contribution in [2.75, 3.05) is 0 Å². The second kappa shape index (κ2) is 9.48. The SMILES string of the molecule is CC1=C([Si](C)(C[Si](C)(NC(C)(C)C)C2=C(C)Cc3c(C)cccc32)NC(C)(C)C)c2cccc(C)c2C1. The lowest BCUT2D eigenvalue weighted by Gasteiger charge is -2.46. The van der Waals surface area contributed by atoms with E-state index < -0.39 is 16.5 Å². The smallest absolute Gasteiger partial charge is 0.154 e. The third-order valence-electron chi connectivity index (χ3n) is 8.21. The van der Waals surface area contributed by atoms with Gasteiger partial charge in [0, 0.05) is 11.1 Å². The molecule has 0 aromatic heterocycles. The number of benzene rings is 2. The van der Waals surface area contributed by atoms with E-state index >= 15 is 0 Å². The number of aryl methyl sites for hydroxylation is 2. The topological polar surface area (TPSA) is 24.1 Å². The minimum atomic E-state index is -2.16. The van der Waals surface area contributed by atoms with Crippen molar-refractivity contribution < 1.29 is 0 Å². The monoisotopic (exact) mass is 530 g/mol. The Bertz CT molecular complexity index is 1190. The standard InChI is InChI=1S/C33H50N2Si2/c1-22-15-13-17-26-28(22)19-24(3)30(26)36(11,34-32(5,6)7)21-37(12,35-33(8,9)10)31-25(4)20-29-23(2)16-14-18-27(29)31/h13-18,34-35H,19-21H2,1-12H3. The Balaban J connectivity index is 1.92. The molecule has 200 valence electrons. The summed E-state index contributed by atoms with van der Waals surface area (Å²) in [6, 6.07) is 13.9. The van der Waals surface area contributed by atoms with Crippen LogP contribution in [-0.4, -0.2) is 27.5 Å². The molecule has 2 unspecified atom stereocenters. The van der Waals surface area contributed by atoms with E-state index in [0.717, 1.165) is 12.8 Å². The molecular formula is C33H50N2Si2. The van der Waals surface area contributed by atoms with Gasteiger partial charge in [-0.3, -0.25) is 0 Å². The van der Waals surface area contributed by atoms with Crippen LogP contribution in [0.15, 0.2) is 47.5 Å².